The molecule has 1 fully saturated rings. The maximum atomic E-state index is 10.5. The number of hydrogen-bond acceptors (Lipinski definition) is 2. The van der Waals surface area contributed by atoms with Crippen molar-refractivity contribution >= 4 is 0 Å². The van der Waals surface area contributed by atoms with Crippen molar-refractivity contribution in [3.05, 3.63) is 0 Å². The zero-order chi connectivity index (χ0) is 13.1. The summed E-state index contributed by atoms with van der Waals surface area (Å²) in [5.41, 5.74) is 0.109. The topological polar surface area (TPSA) is 23.5 Å². The number of aliphatic hydroxyl groups is 1. The van der Waals surface area contributed by atoms with Gasteiger partial charge in [0.1, 0.15) is 0 Å². The molecule has 0 aliphatic heterocycles. The molecule has 1 aliphatic rings. The van der Waals surface area contributed by atoms with Crippen molar-refractivity contribution < 1.29 is 5.11 Å². The number of nitrogens with zero attached hydrogens (tertiary/aromatic N) is 1. The molecule has 2 heteroatoms. The minimum Gasteiger partial charge on any atom is -0.392 e. The molecule has 1 rings (SSSR count). The van der Waals surface area contributed by atoms with E-state index in [-0.39, 0.29) is 11.5 Å². The van der Waals surface area contributed by atoms with Gasteiger partial charge in [0.15, 0.2) is 0 Å². The summed E-state index contributed by atoms with van der Waals surface area (Å²) in [5.74, 6) is 0.465. The zero-order valence-electron chi connectivity index (χ0n) is 12.4. The third-order valence-corrected chi connectivity index (χ3v) is 4.35. The first-order valence-electron chi connectivity index (χ1n) is 7.30. The number of aliphatic hydroxyl groups excluding tert-OH is 1. The van der Waals surface area contributed by atoms with Crippen molar-refractivity contribution in [2.45, 2.75) is 72.4 Å². The molecule has 2 nitrogen and oxygen atoms in total. The van der Waals surface area contributed by atoms with Crippen molar-refractivity contribution in [1.29, 1.82) is 0 Å². The first-order chi connectivity index (χ1) is 7.88. The normalized spacial score (nSPS) is 28.9. The van der Waals surface area contributed by atoms with E-state index in [0.29, 0.717) is 12.0 Å². The van der Waals surface area contributed by atoms with Crippen LogP contribution >= 0.6 is 0 Å². The lowest BCUT2D eigenvalue weighted by molar-refractivity contribution is -0.0456. The van der Waals surface area contributed by atoms with Gasteiger partial charge in [0, 0.05) is 12.6 Å². The summed E-state index contributed by atoms with van der Waals surface area (Å²) in [4.78, 5) is 2.52. The number of rotatable bonds is 5. The van der Waals surface area contributed by atoms with Crippen LogP contribution in [0.2, 0.25) is 0 Å². The summed E-state index contributed by atoms with van der Waals surface area (Å²) in [7, 11) is 0. The molecule has 17 heavy (non-hydrogen) atoms. The predicted molar refractivity (Wildman–Crippen MR) is 74.1 cm³/mol. The van der Waals surface area contributed by atoms with Gasteiger partial charge in [-0.2, -0.15) is 0 Å². The van der Waals surface area contributed by atoms with E-state index in [1.165, 1.54) is 25.7 Å². The molecule has 0 amide bonds. The standard InChI is InChI=1S/C15H31NO/c1-6-10-16(12(2)3)11-13-8-7-9-15(4,5)14(13)17/h12-14,17H,6-11H2,1-5H3. The Bertz CT molecular complexity index is 225. The fourth-order valence-electron chi connectivity index (χ4n) is 3.10. The van der Waals surface area contributed by atoms with E-state index in [0.717, 1.165) is 13.1 Å². The molecular weight excluding hydrogens is 210 g/mol. The van der Waals surface area contributed by atoms with Crippen LogP contribution in [0.15, 0.2) is 0 Å². The molecule has 0 aromatic rings. The van der Waals surface area contributed by atoms with Crippen LogP contribution in [0.3, 0.4) is 0 Å². The lowest BCUT2D eigenvalue weighted by Gasteiger charge is -2.43. The smallest absolute Gasteiger partial charge is 0.0631 e. The summed E-state index contributed by atoms with van der Waals surface area (Å²) in [6.45, 7) is 13.4. The van der Waals surface area contributed by atoms with E-state index < -0.39 is 0 Å². The Morgan fingerprint density at radius 3 is 2.53 bits per heavy atom. The highest BCUT2D eigenvalue weighted by molar-refractivity contribution is 4.89. The molecule has 0 heterocycles. The van der Waals surface area contributed by atoms with E-state index in [1.54, 1.807) is 0 Å². The van der Waals surface area contributed by atoms with Gasteiger partial charge in [-0.3, -0.25) is 0 Å². The summed E-state index contributed by atoms with van der Waals surface area (Å²) in [6.07, 6.45) is 4.70. The second kappa shape index (κ2) is 6.19. The minimum absolute atomic E-state index is 0.109. The molecule has 0 aromatic heterocycles. The minimum atomic E-state index is -0.130. The average Bonchev–Trinajstić information content (AvgIpc) is 2.23. The van der Waals surface area contributed by atoms with Crippen LogP contribution in [0.5, 0.6) is 0 Å². The van der Waals surface area contributed by atoms with Gasteiger partial charge in [-0.05, 0) is 51.0 Å². The Hall–Kier alpha value is -0.0800. The SMILES string of the molecule is CCCN(CC1CCCC(C)(C)C1O)C(C)C. The highest BCUT2D eigenvalue weighted by Gasteiger charge is 2.38. The van der Waals surface area contributed by atoms with E-state index in [2.05, 4.69) is 39.5 Å². The van der Waals surface area contributed by atoms with E-state index in [1.807, 2.05) is 0 Å². The first kappa shape index (κ1) is 15.0. The molecule has 0 radical (unpaired) electrons. The molecule has 102 valence electrons. The Balaban J connectivity index is 2.59. The molecule has 0 spiro atoms. The van der Waals surface area contributed by atoms with E-state index in [9.17, 15) is 5.11 Å². The highest BCUT2D eigenvalue weighted by Crippen LogP contribution is 2.39. The maximum Gasteiger partial charge on any atom is 0.0631 e. The van der Waals surface area contributed by atoms with Gasteiger partial charge in [0.25, 0.3) is 0 Å². The van der Waals surface area contributed by atoms with Gasteiger partial charge in [-0.25, -0.2) is 0 Å². The van der Waals surface area contributed by atoms with Gasteiger partial charge >= 0.3 is 0 Å². The Labute approximate surface area is 107 Å². The summed E-state index contributed by atoms with van der Waals surface area (Å²) < 4.78 is 0. The molecule has 0 aromatic carbocycles. The Kier molecular flexibility index (Phi) is 5.46. The molecule has 1 aliphatic carbocycles. The molecule has 1 saturated carbocycles. The van der Waals surface area contributed by atoms with Crippen LogP contribution in [-0.4, -0.2) is 35.2 Å². The van der Waals surface area contributed by atoms with Crippen molar-refractivity contribution in [3.8, 4) is 0 Å². The van der Waals surface area contributed by atoms with Gasteiger partial charge < -0.3 is 10.0 Å². The highest BCUT2D eigenvalue weighted by atomic mass is 16.3. The average molecular weight is 241 g/mol. The lowest BCUT2D eigenvalue weighted by Crippen LogP contribution is -2.46. The summed E-state index contributed by atoms with van der Waals surface area (Å²) in [6, 6.07) is 0.590. The zero-order valence-corrected chi connectivity index (χ0v) is 12.4. The quantitative estimate of drug-likeness (QED) is 0.798. The van der Waals surface area contributed by atoms with Crippen molar-refractivity contribution in [2.75, 3.05) is 13.1 Å². The van der Waals surface area contributed by atoms with Crippen molar-refractivity contribution in [3.63, 3.8) is 0 Å². The Morgan fingerprint density at radius 1 is 1.35 bits per heavy atom. The molecule has 0 saturated heterocycles. The summed E-state index contributed by atoms with van der Waals surface area (Å²) in [5, 5.41) is 10.5. The second-order valence-electron chi connectivity index (χ2n) is 6.67. The molecular formula is C15H31NO. The summed E-state index contributed by atoms with van der Waals surface area (Å²) >= 11 is 0. The molecule has 0 bridgehead atoms. The van der Waals surface area contributed by atoms with Crippen LogP contribution in [0.25, 0.3) is 0 Å². The van der Waals surface area contributed by atoms with Crippen LogP contribution in [0.4, 0.5) is 0 Å². The van der Waals surface area contributed by atoms with Gasteiger partial charge in [0.05, 0.1) is 6.10 Å². The van der Waals surface area contributed by atoms with Crippen LogP contribution in [-0.2, 0) is 0 Å². The van der Waals surface area contributed by atoms with Gasteiger partial charge in [-0.15, -0.1) is 0 Å². The second-order valence-corrected chi connectivity index (χ2v) is 6.67. The third-order valence-electron chi connectivity index (χ3n) is 4.35. The maximum absolute atomic E-state index is 10.5. The first-order valence-corrected chi connectivity index (χ1v) is 7.30. The Morgan fingerprint density at radius 2 is 2.00 bits per heavy atom. The van der Waals surface area contributed by atoms with Gasteiger partial charge in [0.2, 0.25) is 0 Å². The predicted octanol–water partition coefficient (Wildman–Crippen LogP) is 3.29. The number of hydrogen-bond donors (Lipinski definition) is 1. The monoisotopic (exact) mass is 241 g/mol. The van der Waals surface area contributed by atoms with E-state index in [4.69, 9.17) is 0 Å². The fraction of sp³-hybridized carbons (Fsp3) is 1.00. The largest absolute Gasteiger partial charge is 0.392 e. The van der Waals surface area contributed by atoms with Crippen LogP contribution < -0.4 is 0 Å². The van der Waals surface area contributed by atoms with Crippen molar-refractivity contribution in [1.82, 2.24) is 4.90 Å². The third kappa shape index (κ3) is 3.96. The van der Waals surface area contributed by atoms with Crippen molar-refractivity contribution in [2.24, 2.45) is 11.3 Å². The molecule has 2 unspecified atom stereocenters. The van der Waals surface area contributed by atoms with Crippen LogP contribution in [0, 0.1) is 11.3 Å². The van der Waals surface area contributed by atoms with Crippen LogP contribution in [0.1, 0.15) is 60.3 Å². The molecule has 2 atom stereocenters. The van der Waals surface area contributed by atoms with Gasteiger partial charge in [-0.1, -0.05) is 27.2 Å². The fourth-order valence-corrected chi connectivity index (χ4v) is 3.10. The lowest BCUT2D eigenvalue weighted by atomic mass is 9.69. The van der Waals surface area contributed by atoms with E-state index >= 15 is 0 Å². The molecule has 1 N–H and O–H groups in total.